The van der Waals surface area contributed by atoms with Crippen LogP contribution in [-0.4, -0.2) is 29.0 Å². The lowest BCUT2D eigenvalue weighted by Gasteiger charge is -2.06. The molecule has 0 radical (unpaired) electrons. The van der Waals surface area contributed by atoms with Crippen LogP contribution in [0.5, 0.6) is 0 Å². The summed E-state index contributed by atoms with van der Waals surface area (Å²) in [6.45, 7) is 0.806. The van der Waals surface area contributed by atoms with Gasteiger partial charge in [-0.25, -0.2) is 9.97 Å². The Morgan fingerprint density at radius 2 is 1.90 bits per heavy atom. The van der Waals surface area contributed by atoms with Gasteiger partial charge in [0.1, 0.15) is 5.82 Å². The summed E-state index contributed by atoms with van der Waals surface area (Å²) in [6, 6.07) is 1.82. The third-order valence-corrected chi connectivity index (χ3v) is 1.08. The van der Waals surface area contributed by atoms with Gasteiger partial charge >= 0.3 is 0 Å². The third-order valence-electron chi connectivity index (χ3n) is 1.08. The predicted octanol–water partition coefficient (Wildman–Crippen LogP) is 0.538. The number of rotatable bonds is 2. The van der Waals surface area contributed by atoms with Crippen molar-refractivity contribution in [2.24, 2.45) is 0 Å². The summed E-state index contributed by atoms with van der Waals surface area (Å²) < 4.78 is 0. The molecule has 0 saturated carbocycles. The molecule has 0 fully saturated rings. The topological polar surface area (TPSA) is 29.0 Å². The van der Waals surface area contributed by atoms with Crippen molar-refractivity contribution in [3.8, 4) is 0 Å². The number of hydrogen-bond acceptors (Lipinski definition) is 3. The molecule has 0 aliphatic rings. The van der Waals surface area contributed by atoms with E-state index in [0.717, 1.165) is 12.4 Å². The summed E-state index contributed by atoms with van der Waals surface area (Å²) in [5, 5.41) is 0. The highest BCUT2D eigenvalue weighted by Crippen LogP contribution is 1.89. The Morgan fingerprint density at radius 1 is 1.30 bits per heavy atom. The molecule has 54 valence electrons. The molecule has 3 nitrogen and oxygen atoms in total. The lowest BCUT2D eigenvalue weighted by molar-refractivity contribution is 0.390. The van der Waals surface area contributed by atoms with Gasteiger partial charge in [0.25, 0.3) is 0 Å². The van der Waals surface area contributed by atoms with Crippen LogP contribution in [-0.2, 0) is 6.54 Å². The summed E-state index contributed by atoms with van der Waals surface area (Å²) in [4.78, 5) is 10.2. The second-order valence-corrected chi connectivity index (χ2v) is 2.40. The van der Waals surface area contributed by atoms with Crippen LogP contribution in [0.3, 0.4) is 0 Å². The minimum Gasteiger partial charge on any atom is -0.302 e. The fourth-order valence-electron chi connectivity index (χ4n) is 0.694. The van der Waals surface area contributed by atoms with Crippen molar-refractivity contribution in [1.82, 2.24) is 14.9 Å². The molecule has 3 heteroatoms. The molecule has 1 heterocycles. The zero-order chi connectivity index (χ0) is 7.40. The maximum atomic E-state index is 4.07. The Hall–Kier alpha value is -0.960. The summed E-state index contributed by atoms with van der Waals surface area (Å²) in [7, 11) is 3.99. The molecule has 0 aliphatic carbocycles. The van der Waals surface area contributed by atoms with Gasteiger partial charge in [-0.3, -0.25) is 0 Å². The lowest BCUT2D eigenvalue weighted by Crippen LogP contribution is -2.12. The molecule has 0 N–H and O–H groups in total. The molecule has 1 rings (SSSR count). The second kappa shape index (κ2) is 3.27. The molecule has 0 amide bonds. The average molecular weight is 137 g/mol. The van der Waals surface area contributed by atoms with Crippen molar-refractivity contribution in [1.29, 1.82) is 0 Å². The molecule has 1 aromatic heterocycles. The first-order valence-electron chi connectivity index (χ1n) is 3.19. The zero-order valence-corrected chi connectivity index (χ0v) is 6.28. The van der Waals surface area contributed by atoms with E-state index in [9.17, 15) is 0 Å². The fourth-order valence-corrected chi connectivity index (χ4v) is 0.694. The van der Waals surface area contributed by atoms with Gasteiger partial charge in [0.05, 0.1) is 6.54 Å². The largest absolute Gasteiger partial charge is 0.302 e. The van der Waals surface area contributed by atoms with Crippen molar-refractivity contribution in [2.75, 3.05) is 14.1 Å². The van der Waals surface area contributed by atoms with Crippen LogP contribution in [0.2, 0.25) is 0 Å². The van der Waals surface area contributed by atoms with Gasteiger partial charge in [0, 0.05) is 12.4 Å². The highest BCUT2D eigenvalue weighted by atomic mass is 15.1. The van der Waals surface area contributed by atoms with E-state index in [1.165, 1.54) is 0 Å². The standard InChI is InChI=1S/C7H11N3/c1-10(2)6-7-8-4-3-5-9-7/h3-5H,6H2,1-2H3. The molecule has 0 atom stereocenters. The van der Waals surface area contributed by atoms with Crippen molar-refractivity contribution in [3.63, 3.8) is 0 Å². The van der Waals surface area contributed by atoms with Crippen molar-refractivity contribution < 1.29 is 0 Å². The van der Waals surface area contributed by atoms with Gasteiger partial charge in [-0.15, -0.1) is 0 Å². The number of nitrogens with zero attached hydrogens (tertiary/aromatic N) is 3. The quantitative estimate of drug-likeness (QED) is 0.595. The van der Waals surface area contributed by atoms with Crippen LogP contribution in [0.1, 0.15) is 5.82 Å². The highest BCUT2D eigenvalue weighted by Gasteiger charge is 1.93. The molecule has 0 spiro atoms. The molecule has 0 saturated heterocycles. The van der Waals surface area contributed by atoms with Crippen LogP contribution in [0.4, 0.5) is 0 Å². The molecular weight excluding hydrogens is 126 g/mol. The SMILES string of the molecule is CN(C)Cc1ncccn1. The van der Waals surface area contributed by atoms with E-state index in [4.69, 9.17) is 0 Å². The maximum absolute atomic E-state index is 4.07. The first-order chi connectivity index (χ1) is 4.79. The van der Waals surface area contributed by atoms with Gasteiger partial charge in [-0.2, -0.15) is 0 Å². The second-order valence-electron chi connectivity index (χ2n) is 2.40. The monoisotopic (exact) mass is 137 g/mol. The van der Waals surface area contributed by atoms with E-state index in [1.54, 1.807) is 12.4 Å². The first-order valence-corrected chi connectivity index (χ1v) is 3.19. The Bertz CT molecular complexity index is 183. The molecule has 0 bridgehead atoms. The van der Waals surface area contributed by atoms with Crippen LogP contribution in [0.25, 0.3) is 0 Å². The number of hydrogen-bond donors (Lipinski definition) is 0. The van der Waals surface area contributed by atoms with Gasteiger partial charge in [0.2, 0.25) is 0 Å². The first kappa shape index (κ1) is 7.15. The smallest absolute Gasteiger partial charge is 0.142 e. The minimum absolute atomic E-state index is 0.806. The van der Waals surface area contributed by atoms with Crippen LogP contribution in [0.15, 0.2) is 18.5 Å². The Labute approximate surface area is 60.7 Å². The van der Waals surface area contributed by atoms with Crippen LogP contribution in [0, 0.1) is 0 Å². The molecule has 10 heavy (non-hydrogen) atoms. The number of aromatic nitrogens is 2. The molecule has 0 unspecified atom stereocenters. The Morgan fingerprint density at radius 3 is 2.40 bits per heavy atom. The summed E-state index contributed by atoms with van der Waals surface area (Å²) in [5.74, 6) is 0.868. The minimum atomic E-state index is 0.806. The lowest BCUT2D eigenvalue weighted by atomic mass is 10.5. The Kier molecular flexibility index (Phi) is 2.34. The molecule has 1 aromatic rings. The van der Waals surface area contributed by atoms with E-state index >= 15 is 0 Å². The Balaban J connectivity index is 2.59. The molecule has 0 aromatic carbocycles. The maximum Gasteiger partial charge on any atom is 0.142 e. The van der Waals surface area contributed by atoms with Gasteiger partial charge in [-0.1, -0.05) is 0 Å². The van der Waals surface area contributed by atoms with E-state index < -0.39 is 0 Å². The summed E-state index contributed by atoms with van der Waals surface area (Å²) >= 11 is 0. The summed E-state index contributed by atoms with van der Waals surface area (Å²) in [6.07, 6.45) is 3.51. The van der Waals surface area contributed by atoms with E-state index in [2.05, 4.69) is 9.97 Å². The van der Waals surface area contributed by atoms with Gasteiger partial charge < -0.3 is 4.90 Å². The zero-order valence-electron chi connectivity index (χ0n) is 6.28. The van der Waals surface area contributed by atoms with E-state index in [0.29, 0.717) is 0 Å². The van der Waals surface area contributed by atoms with E-state index in [-0.39, 0.29) is 0 Å². The summed E-state index contributed by atoms with van der Waals surface area (Å²) in [5.41, 5.74) is 0. The van der Waals surface area contributed by atoms with Crippen molar-refractivity contribution >= 4 is 0 Å². The predicted molar refractivity (Wildman–Crippen MR) is 39.4 cm³/mol. The molecule has 0 aliphatic heterocycles. The normalized spacial score (nSPS) is 10.3. The van der Waals surface area contributed by atoms with Crippen LogP contribution >= 0.6 is 0 Å². The van der Waals surface area contributed by atoms with Crippen molar-refractivity contribution in [2.45, 2.75) is 6.54 Å². The molecular formula is C7H11N3. The van der Waals surface area contributed by atoms with Crippen molar-refractivity contribution in [3.05, 3.63) is 24.3 Å². The third kappa shape index (κ3) is 2.11. The van der Waals surface area contributed by atoms with E-state index in [1.807, 2.05) is 25.1 Å². The fraction of sp³-hybridized carbons (Fsp3) is 0.429. The average Bonchev–Trinajstić information content (AvgIpc) is 1.88. The highest BCUT2D eigenvalue weighted by molar-refractivity contribution is 4.87. The van der Waals surface area contributed by atoms with Gasteiger partial charge in [0.15, 0.2) is 0 Å². The van der Waals surface area contributed by atoms with Crippen LogP contribution < -0.4 is 0 Å². The van der Waals surface area contributed by atoms with Gasteiger partial charge in [-0.05, 0) is 20.2 Å².